The topological polar surface area (TPSA) is 74.7 Å². The average molecular weight is 474 g/mol. The van der Waals surface area contributed by atoms with E-state index in [0.29, 0.717) is 16.8 Å². The van der Waals surface area contributed by atoms with Crippen LogP contribution in [0.15, 0.2) is 77.3 Å². The molecule has 2 atom stereocenters. The van der Waals surface area contributed by atoms with E-state index in [2.05, 4.69) is 15.9 Å². The van der Waals surface area contributed by atoms with Gasteiger partial charge in [-0.15, -0.1) is 0 Å². The van der Waals surface area contributed by atoms with Crippen LogP contribution in [0.5, 0.6) is 0 Å². The molecular formula is C25H16BrNO4. The van der Waals surface area contributed by atoms with Crippen LogP contribution < -0.4 is 4.90 Å². The molecule has 5 nitrogen and oxygen atoms in total. The molecule has 0 spiro atoms. The number of hydrogen-bond acceptors (Lipinski definition) is 3. The van der Waals surface area contributed by atoms with Crippen LogP contribution in [0, 0.1) is 11.8 Å². The molecule has 31 heavy (non-hydrogen) atoms. The monoisotopic (exact) mass is 473 g/mol. The van der Waals surface area contributed by atoms with E-state index in [4.69, 9.17) is 0 Å². The summed E-state index contributed by atoms with van der Waals surface area (Å²) in [6, 6.07) is 21.7. The fourth-order valence-electron chi connectivity index (χ4n) is 6.00. The van der Waals surface area contributed by atoms with Crippen molar-refractivity contribution in [2.24, 2.45) is 11.8 Å². The number of carbonyl (C=O) groups excluding carboxylic acids is 2. The molecule has 0 saturated carbocycles. The molecule has 3 aromatic carbocycles. The van der Waals surface area contributed by atoms with Gasteiger partial charge in [0, 0.05) is 10.4 Å². The molecule has 1 aliphatic heterocycles. The molecule has 2 bridgehead atoms. The minimum atomic E-state index is -1.60. The Kier molecular flexibility index (Phi) is 3.67. The van der Waals surface area contributed by atoms with Crippen molar-refractivity contribution in [3.63, 3.8) is 0 Å². The van der Waals surface area contributed by atoms with E-state index >= 15 is 0 Å². The van der Waals surface area contributed by atoms with Gasteiger partial charge in [-0.2, -0.15) is 0 Å². The number of benzene rings is 3. The van der Waals surface area contributed by atoms with Crippen LogP contribution in [0.3, 0.4) is 0 Å². The number of nitrogens with zero attached hydrogens (tertiary/aromatic N) is 1. The van der Waals surface area contributed by atoms with Crippen molar-refractivity contribution in [2.45, 2.75) is 11.3 Å². The maximum absolute atomic E-state index is 13.8. The van der Waals surface area contributed by atoms with E-state index in [9.17, 15) is 19.5 Å². The third-order valence-electron chi connectivity index (χ3n) is 7.02. The Morgan fingerprint density at radius 2 is 1.48 bits per heavy atom. The summed E-state index contributed by atoms with van der Waals surface area (Å²) in [4.78, 5) is 41.8. The molecule has 0 aromatic heterocycles. The van der Waals surface area contributed by atoms with Gasteiger partial charge in [0.15, 0.2) is 0 Å². The van der Waals surface area contributed by atoms with Crippen LogP contribution in [0.1, 0.15) is 28.2 Å². The number of hydrogen-bond donors (Lipinski definition) is 1. The Bertz CT molecular complexity index is 1270. The number of anilines is 1. The second-order valence-corrected chi connectivity index (χ2v) is 9.18. The predicted molar refractivity (Wildman–Crippen MR) is 117 cm³/mol. The minimum absolute atomic E-state index is 0.340. The van der Waals surface area contributed by atoms with Crippen molar-refractivity contribution in [3.8, 4) is 0 Å². The van der Waals surface area contributed by atoms with E-state index in [1.165, 1.54) is 4.90 Å². The first-order valence-electron chi connectivity index (χ1n) is 10.0. The summed E-state index contributed by atoms with van der Waals surface area (Å²) in [5.41, 5.74) is 1.73. The third kappa shape index (κ3) is 2.08. The first-order chi connectivity index (χ1) is 15.0. The van der Waals surface area contributed by atoms with Gasteiger partial charge in [-0.05, 0) is 40.5 Å². The van der Waals surface area contributed by atoms with Crippen LogP contribution in [0.4, 0.5) is 5.69 Å². The Morgan fingerprint density at radius 1 is 0.871 bits per heavy atom. The van der Waals surface area contributed by atoms with Crippen LogP contribution in [0.2, 0.25) is 0 Å². The average Bonchev–Trinajstić information content (AvgIpc) is 3.04. The lowest BCUT2D eigenvalue weighted by atomic mass is 9.47. The number of carbonyl (C=O) groups is 3. The van der Waals surface area contributed by atoms with Crippen molar-refractivity contribution in [2.75, 3.05) is 4.90 Å². The molecule has 7 rings (SSSR count). The molecule has 1 saturated heterocycles. The lowest BCUT2D eigenvalue weighted by Gasteiger charge is -2.51. The molecular weight excluding hydrogens is 458 g/mol. The zero-order chi connectivity index (χ0) is 21.5. The van der Waals surface area contributed by atoms with Gasteiger partial charge < -0.3 is 5.11 Å². The highest BCUT2D eigenvalue weighted by Gasteiger charge is 2.71. The summed E-state index contributed by atoms with van der Waals surface area (Å²) in [5.74, 6) is -4.00. The standard InChI is InChI=1S/C25H16BrNO4/c26-13-6-5-7-14(12-13)27-22(28)20-19-15-8-1-3-10-17(15)25(24(30)31,21(20)23(27)29)18-11-4-2-9-16(18)19/h1-12,19-21H,(H,30,31)/t19?,20-,21?,25?/m1/s1. The lowest BCUT2D eigenvalue weighted by Crippen LogP contribution is -2.57. The van der Waals surface area contributed by atoms with Crippen molar-refractivity contribution in [1.29, 1.82) is 0 Å². The molecule has 1 heterocycles. The molecule has 2 amide bonds. The number of carboxylic acids is 1. The van der Waals surface area contributed by atoms with E-state index in [1.54, 1.807) is 42.5 Å². The van der Waals surface area contributed by atoms with Gasteiger partial charge >= 0.3 is 5.97 Å². The summed E-state index contributed by atoms with van der Waals surface area (Å²) in [6.07, 6.45) is 0. The Morgan fingerprint density at radius 3 is 2.06 bits per heavy atom. The van der Waals surface area contributed by atoms with E-state index in [-0.39, 0.29) is 11.8 Å². The van der Waals surface area contributed by atoms with Gasteiger partial charge in [0.1, 0.15) is 5.41 Å². The van der Waals surface area contributed by atoms with Crippen molar-refractivity contribution in [1.82, 2.24) is 0 Å². The van der Waals surface area contributed by atoms with Crippen LogP contribution in [0.25, 0.3) is 0 Å². The summed E-state index contributed by atoms with van der Waals surface area (Å²) in [7, 11) is 0. The molecule has 152 valence electrons. The van der Waals surface area contributed by atoms with E-state index in [1.807, 2.05) is 30.3 Å². The quantitative estimate of drug-likeness (QED) is 0.568. The molecule has 3 aliphatic carbocycles. The Labute approximate surface area is 186 Å². The van der Waals surface area contributed by atoms with Gasteiger partial charge in [0.25, 0.3) is 0 Å². The van der Waals surface area contributed by atoms with Gasteiger partial charge in [-0.1, -0.05) is 70.5 Å². The highest BCUT2D eigenvalue weighted by molar-refractivity contribution is 9.10. The van der Waals surface area contributed by atoms with Gasteiger partial charge in [-0.3, -0.25) is 14.4 Å². The second-order valence-electron chi connectivity index (χ2n) is 8.26. The lowest BCUT2D eigenvalue weighted by molar-refractivity contribution is -0.149. The highest BCUT2D eigenvalue weighted by Crippen LogP contribution is 2.64. The number of halogens is 1. The van der Waals surface area contributed by atoms with E-state index in [0.717, 1.165) is 15.6 Å². The molecule has 1 unspecified atom stereocenters. The van der Waals surface area contributed by atoms with Crippen LogP contribution >= 0.6 is 15.9 Å². The first-order valence-corrected chi connectivity index (χ1v) is 10.8. The number of rotatable bonds is 2. The van der Waals surface area contributed by atoms with Crippen molar-refractivity contribution >= 4 is 39.4 Å². The minimum Gasteiger partial charge on any atom is -0.480 e. The largest absolute Gasteiger partial charge is 0.480 e. The molecule has 6 heteroatoms. The smallest absolute Gasteiger partial charge is 0.319 e. The fraction of sp³-hybridized carbons (Fsp3) is 0.160. The van der Waals surface area contributed by atoms with Crippen LogP contribution in [-0.4, -0.2) is 22.9 Å². The fourth-order valence-corrected chi connectivity index (χ4v) is 6.39. The molecule has 4 aliphatic rings. The molecule has 1 N–H and O–H groups in total. The number of imide groups is 1. The Balaban J connectivity index is 1.68. The first kappa shape index (κ1) is 18.5. The summed E-state index contributed by atoms with van der Waals surface area (Å²) in [6.45, 7) is 0. The normalized spacial score (nSPS) is 27.6. The van der Waals surface area contributed by atoms with Gasteiger partial charge in [0.05, 0.1) is 17.5 Å². The second kappa shape index (κ2) is 6.14. The van der Waals surface area contributed by atoms with Gasteiger partial charge in [-0.25, -0.2) is 4.90 Å². The maximum Gasteiger partial charge on any atom is 0.319 e. The van der Waals surface area contributed by atoms with E-state index < -0.39 is 29.1 Å². The number of carboxylic acid groups (broad SMARTS) is 1. The summed E-state index contributed by atoms with van der Waals surface area (Å²) in [5, 5.41) is 10.7. The third-order valence-corrected chi connectivity index (χ3v) is 7.52. The zero-order valence-electron chi connectivity index (χ0n) is 16.2. The maximum atomic E-state index is 13.8. The SMILES string of the molecule is O=C1C2[C@H](C(=O)N1c1cccc(Br)c1)C1c3ccccc3C2(C(=O)O)c2ccccc21. The van der Waals surface area contributed by atoms with Crippen molar-refractivity contribution < 1.29 is 19.5 Å². The Hall–Kier alpha value is -3.25. The van der Waals surface area contributed by atoms with Gasteiger partial charge in [0.2, 0.25) is 11.8 Å². The predicted octanol–water partition coefficient (Wildman–Crippen LogP) is 4.08. The zero-order valence-corrected chi connectivity index (χ0v) is 17.7. The molecule has 0 radical (unpaired) electrons. The highest BCUT2D eigenvalue weighted by atomic mass is 79.9. The number of amides is 2. The molecule has 1 fully saturated rings. The summed E-state index contributed by atoms with van der Waals surface area (Å²) < 4.78 is 0.739. The number of aliphatic carboxylic acids is 1. The molecule has 3 aromatic rings. The summed E-state index contributed by atoms with van der Waals surface area (Å²) >= 11 is 3.40. The van der Waals surface area contributed by atoms with Crippen molar-refractivity contribution in [3.05, 3.63) is 99.5 Å². The van der Waals surface area contributed by atoms with Crippen LogP contribution in [-0.2, 0) is 19.8 Å².